The number of nitrogens with zero attached hydrogens (tertiary/aromatic N) is 5. The van der Waals surface area contributed by atoms with E-state index in [1.54, 1.807) is 0 Å². The van der Waals surface area contributed by atoms with Crippen LogP contribution in [0.25, 0.3) is 132 Å². The molecule has 0 spiro atoms. The van der Waals surface area contributed by atoms with Crippen LogP contribution in [0.4, 0.5) is 0 Å². The quantitative estimate of drug-likeness (QED) is 0.162. The molecular formula is C57H33N5S. The van der Waals surface area contributed by atoms with Gasteiger partial charge in [0.2, 0.25) is 0 Å². The Kier molecular flexibility index (Phi) is 8.01. The second kappa shape index (κ2) is 14.2. The van der Waals surface area contributed by atoms with Crippen LogP contribution in [-0.4, -0.2) is 23.7 Å². The zero-order valence-electron chi connectivity index (χ0n) is 33.7. The van der Waals surface area contributed by atoms with E-state index in [4.69, 9.17) is 19.3 Å². The standard InChI is InChI=1S/C57H33N5S/c1-2-12-36(13-3-1)55-47-28-29-50-56(62-63-61-50)54(47)46-27-26-37(32-52(46)58-55)34-22-24-35(25-23-34)51-33-53(48-30-38-14-4-6-16-40(38)42-18-8-10-20-44(42)48)60-57(59-51)49-31-39-15-5-7-17-41(39)43-19-9-11-21-45(43)49/h1-33H. The van der Waals surface area contributed by atoms with Gasteiger partial charge >= 0.3 is 0 Å². The van der Waals surface area contributed by atoms with Gasteiger partial charge in [-0.1, -0.05) is 164 Å². The lowest BCUT2D eigenvalue weighted by Gasteiger charge is -2.15. The van der Waals surface area contributed by atoms with Crippen LogP contribution in [0, 0.1) is 0 Å². The van der Waals surface area contributed by atoms with E-state index in [-0.39, 0.29) is 0 Å². The summed E-state index contributed by atoms with van der Waals surface area (Å²) < 4.78 is 9.32. The van der Waals surface area contributed by atoms with Gasteiger partial charge in [0, 0.05) is 38.4 Å². The van der Waals surface area contributed by atoms with Gasteiger partial charge in [0.1, 0.15) is 11.0 Å². The van der Waals surface area contributed by atoms with Gasteiger partial charge in [0.15, 0.2) is 5.82 Å². The van der Waals surface area contributed by atoms with E-state index in [0.717, 1.165) is 99.3 Å². The Balaban J connectivity index is 0.988. The molecule has 3 heterocycles. The lowest BCUT2D eigenvalue weighted by Crippen LogP contribution is -1.98. The molecule has 0 N–H and O–H groups in total. The molecule has 63 heavy (non-hydrogen) atoms. The zero-order valence-corrected chi connectivity index (χ0v) is 34.5. The Morgan fingerprint density at radius 3 is 1.62 bits per heavy atom. The first-order valence-electron chi connectivity index (χ1n) is 21.1. The molecule has 6 heteroatoms. The lowest BCUT2D eigenvalue weighted by molar-refractivity contribution is 1.19. The SMILES string of the molecule is c1ccc(-c2nc3cc(-c4ccc(-c5cc(-c6cc7ccccc7c7ccccc67)nc(-c6cc7ccccc7c7ccccc67)n5)cc4)ccc3c3c2ccc2nsnc23)cc1. The van der Waals surface area contributed by atoms with Crippen molar-refractivity contribution in [3.63, 3.8) is 0 Å². The highest BCUT2D eigenvalue weighted by atomic mass is 32.1. The largest absolute Gasteiger partial charge is 0.247 e. The highest BCUT2D eigenvalue weighted by molar-refractivity contribution is 7.00. The Hall–Kier alpha value is -8.19. The van der Waals surface area contributed by atoms with E-state index in [2.05, 4.69) is 198 Å². The normalized spacial score (nSPS) is 11.8. The maximum Gasteiger partial charge on any atom is 0.161 e. The number of pyridine rings is 1. The lowest BCUT2D eigenvalue weighted by atomic mass is 9.94. The van der Waals surface area contributed by atoms with Gasteiger partial charge in [-0.2, -0.15) is 8.75 Å². The average molecular weight is 820 g/mol. The predicted molar refractivity (Wildman–Crippen MR) is 263 cm³/mol. The Morgan fingerprint density at radius 1 is 0.317 bits per heavy atom. The molecule has 0 radical (unpaired) electrons. The van der Waals surface area contributed by atoms with E-state index in [9.17, 15) is 0 Å². The van der Waals surface area contributed by atoms with Gasteiger partial charge < -0.3 is 0 Å². The van der Waals surface area contributed by atoms with Gasteiger partial charge in [0.05, 0.1) is 34.3 Å². The van der Waals surface area contributed by atoms with Crippen LogP contribution < -0.4 is 0 Å². The maximum atomic E-state index is 5.45. The smallest absolute Gasteiger partial charge is 0.161 e. The van der Waals surface area contributed by atoms with Crippen molar-refractivity contribution in [2.75, 3.05) is 0 Å². The van der Waals surface area contributed by atoms with Gasteiger partial charge in [-0.15, -0.1) is 0 Å². The predicted octanol–water partition coefficient (Wildman–Crippen LogP) is 15.1. The molecule has 0 aliphatic heterocycles. The molecule has 0 fully saturated rings. The molecule has 0 unspecified atom stereocenters. The summed E-state index contributed by atoms with van der Waals surface area (Å²) in [5, 5.41) is 12.7. The molecule has 0 saturated carbocycles. The van der Waals surface area contributed by atoms with Crippen LogP contribution in [0.2, 0.25) is 0 Å². The fourth-order valence-corrected chi connectivity index (χ4v) is 10.1. The summed E-state index contributed by atoms with van der Waals surface area (Å²) in [6, 6.07) is 71.0. The first-order valence-corrected chi connectivity index (χ1v) is 21.8. The van der Waals surface area contributed by atoms with Crippen LogP contribution in [0.5, 0.6) is 0 Å². The van der Waals surface area contributed by atoms with Crippen LogP contribution in [0.15, 0.2) is 200 Å². The second-order valence-electron chi connectivity index (χ2n) is 16.1. The molecular weight excluding hydrogens is 787 g/mol. The molecule has 3 aromatic heterocycles. The van der Waals surface area contributed by atoms with E-state index in [1.807, 2.05) is 6.07 Å². The summed E-state index contributed by atoms with van der Waals surface area (Å²) in [6.07, 6.45) is 0. The summed E-state index contributed by atoms with van der Waals surface area (Å²) >= 11 is 1.25. The third kappa shape index (κ3) is 5.80. The molecule has 5 nitrogen and oxygen atoms in total. The third-order valence-corrected chi connectivity index (χ3v) is 13.1. The van der Waals surface area contributed by atoms with E-state index >= 15 is 0 Å². The van der Waals surface area contributed by atoms with Gasteiger partial charge in [0.25, 0.3) is 0 Å². The number of benzene rings is 10. The van der Waals surface area contributed by atoms with Crippen molar-refractivity contribution in [1.82, 2.24) is 23.7 Å². The summed E-state index contributed by atoms with van der Waals surface area (Å²) in [6.45, 7) is 0. The summed E-state index contributed by atoms with van der Waals surface area (Å²) in [5.41, 5.74) is 11.7. The summed E-state index contributed by atoms with van der Waals surface area (Å²) in [4.78, 5) is 16.2. The minimum absolute atomic E-state index is 0.692. The first kappa shape index (κ1) is 35.6. The fraction of sp³-hybridized carbons (Fsp3) is 0. The molecule has 0 aliphatic carbocycles. The van der Waals surface area contributed by atoms with Crippen molar-refractivity contribution < 1.29 is 0 Å². The minimum atomic E-state index is 0.692. The topological polar surface area (TPSA) is 64.5 Å². The van der Waals surface area contributed by atoms with Crippen molar-refractivity contribution in [3.05, 3.63) is 200 Å². The number of hydrogen-bond donors (Lipinski definition) is 0. The molecule has 10 aromatic carbocycles. The Labute approximate surface area is 366 Å². The second-order valence-corrected chi connectivity index (χ2v) is 16.6. The highest BCUT2D eigenvalue weighted by Gasteiger charge is 2.19. The zero-order chi connectivity index (χ0) is 41.4. The molecule has 13 aromatic rings. The molecule has 13 rings (SSSR count). The van der Waals surface area contributed by atoms with Crippen LogP contribution in [0.1, 0.15) is 0 Å². The Bertz CT molecular complexity index is 3830. The Morgan fingerprint density at radius 2 is 0.889 bits per heavy atom. The number of rotatable bonds is 5. The highest BCUT2D eigenvalue weighted by Crippen LogP contribution is 2.41. The maximum absolute atomic E-state index is 5.45. The first-order chi connectivity index (χ1) is 31.2. The van der Waals surface area contributed by atoms with Crippen molar-refractivity contribution in [1.29, 1.82) is 0 Å². The molecule has 0 aliphatic rings. The summed E-state index contributed by atoms with van der Waals surface area (Å²) in [7, 11) is 0. The average Bonchev–Trinajstić information content (AvgIpc) is 3.85. The van der Waals surface area contributed by atoms with Gasteiger partial charge in [-0.25, -0.2) is 15.0 Å². The number of aromatic nitrogens is 5. The van der Waals surface area contributed by atoms with Crippen molar-refractivity contribution in [2.45, 2.75) is 0 Å². The third-order valence-electron chi connectivity index (χ3n) is 12.5. The van der Waals surface area contributed by atoms with Crippen LogP contribution in [0.3, 0.4) is 0 Å². The monoisotopic (exact) mass is 819 g/mol. The number of hydrogen-bond acceptors (Lipinski definition) is 6. The van der Waals surface area contributed by atoms with Crippen molar-refractivity contribution in [3.8, 4) is 56.3 Å². The van der Waals surface area contributed by atoms with Crippen LogP contribution >= 0.6 is 11.7 Å². The van der Waals surface area contributed by atoms with Crippen molar-refractivity contribution in [2.24, 2.45) is 0 Å². The molecule has 0 amide bonds. The molecule has 0 saturated heterocycles. The van der Waals surface area contributed by atoms with E-state index in [0.29, 0.717) is 5.82 Å². The molecule has 292 valence electrons. The van der Waals surface area contributed by atoms with E-state index in [1.165, 1.54) is 38.7 Å². The molecule has 0 atom stereocenters. The number of fused-ring (bicyclic) bond motifs is 11. The van der Waals surface area contributed by atoms with Gasteiger partial charge in [-0.3, -0.25) is 0 Å². The van der Waals surface area contributed by atoms with E-state index < -0.39 is 0 Å². The fourth-order valence-electron chi connectivity index (χ4n) is 9.53. The van der Waals surface area contributed by atoms with Crippen LogP contribution in [-0.2, 0) is 0 Å². The van der Waals surface area contributed by atoms with Gasteiger partial charge in [-0.05, 0) is 90.6 Å². The minimum Gasteiger partial charge on any atom is -0.247 e. The molecule has 0 bridgehead atoms. The van der Waals surface area contributed by atoms with Crippen molar-refractivity contribution >= 4 is 87.5 Å². The summed E-state index contributed by atoms with van der Waals surface area (Å²) in [5.74, 6) is 0.692.